The van der Waals surface area contributed by atoms with Crippen LogP contribution in [0.5, 0.6) is 0 Å². The third-order valence-corrected chi connectivity index (χ3v) is 5.84. The Kier molecular flexibility index (Phi) is 5.88. The summed E-state index contributed by atoms with van der Waals surface area (Å²) >= 11 is 0. The van der Waals surface area contributed by atoms with Gasteiger partial charge in [-0.25, -0.2) is 0 Å². The molecule has 0 saturated carbocycles. The number of nitrogens with zero attached hydrogens (tertiary/aromatic N) is 2. The van der Waals surface area contributed by atoms with Crippen LogP contribution in [0.1, 0.15) is 65.7 Å². The SMILES string of the molecule is CCCCN(C(C)CC)C1(CN)CCN2CCCC2C1. The van der Waals surface area contributed by atoms with Crippen LogP contribution in [-0.2, 0) is 0 Å². The summed E-state index contributed by atoms with van der Waals surface area (Å²) in [6.07, 6.45) is 9.18. The molecule has 118 valence electrons. The molecule has 0 spiro atoms. The number of piperidine rings is 1. The normalized spacial score (nSPS) is 32.5. The van der Waals surface area contributed by atoms with Crippen molar-refractivity contribution in [3.63, 3.8) is 0 Å². The molecule has 2 rings (SSSR count). The van der Waals surface area contributed by atoms with E-state index in [2.05, 4.69) is 30.6 Å². The van der Waals surface area contributed by atoms with Crippen molar-refractivity contribution in [1.82, 2.24) is 9.80 Å². The number of nitrogens with two attached hydrogens (primary N) is 1. The monoisotopic (exact) mass is 281 g/mol. The lowest BCUT2D eigenvalue weighted by Gasteiger charge is -2.52. The highest BCUT2D eigenvalue weighted by Gasteiger charge is 2.45. The molecule has 2 aliphatic heterocycles. The van der Waals surface area contributed by atoms with Gasteiger partial charge in [0.15, 0.2) is 0 Å². The van der Waals surface area contributed by atoms with Crippen LogP contribution in [0, 0.1) is 0 Å². The molecule has 0 radical (unpaired) electrons. The molecule has 0 aromatic heterocycles. The van der Waals surface area contributed by atoms with Gasteiger partial charge in [0.1, 0.15) is 0 Å². The fourth-order valence-corrected chi connectivity index (χ4v) is 4.35. The minimum absolute atomic E-state index is 0.274. The van der Waals surface area contributed by atoms with Crippen LogP contribution in [0.25, 0.3) is 0 Å². The van der Waals surface area contributed by atoms with E-state index in [1.807, 2.05) is 0 Å². The molecule has 2 N–H and O–H groups in total. The third kappa shape index (κ3) is 3.20. The summed E-state index contributed by atoms with van der Waals surface area (Å²) in [5.74, 6) is 0. The Morgan fingerprint density at radius 2 is 2.15 bits per heavy atom. The second kappa shape index (κ2) is 7.24. The van der Waals surface area contributed by atoms with E-state index >= 15 is 0 Å². The van der Waals surface area contributed by atoms with Gasteiger partial charge in [0.05, 0.1) is 0 Å². The smallest absolute Gasteiger partial charge is 0.0361 e. The molecule has 3 atom stereocenters. The molecule has 0 aromatic rings. The van der Waals surface area contributed by atoms with Crippen molar-refractivity contribution in [2.24, 2.45) is 5.73 Å². The van der Waals surface area contributed by atoms with E-state index in [4.69, 9.17) is 5.73 Å². The molecule has 3 nitrogen and oxygen atoms in total. The molecule has 3 heteroatoms. The zero-order valence-electron chi connectivity index (χ0n) is 13.9. The Morgan fingerprint density at radius 1 is 1.35 bits per heavy atom. The van der Waals surface area contributed by atoms with Gasteiger partial charge in [0.2, 0.25) is 0 Å². The molecule has 0 bridgehead atoms. The van der Waals surface area contributed by atoms with Crippen molar-refractivity contribution in [2.75, 3.05) is 26.2 Å². The zero-order valence-corrected chi connectivity index (χ0v) is 13.9. The highest BCUT2D eigenvalue weighted by Crippen LogP contribution is 2.37. The molecular formula is C17H35N3. The maximum atomic E-state index is 6.33. The Balaban J connectivity index is 2.12. The van der Waals surface area contributed by atoms with Crippen LogP contribution in [0.3, 0.4) is 0 Å². The molecular weight excluding hydrogens is 246 g/mol. The Bertz CT molecular complexity index is 294. The number of fused-ring (bicyclic) bond motifs is 1. The van der Waals surface area contributed by atoms with Crippen LogP contribution >= 0.6 is 0 Å². The number of unbranched alkanes of at least 4 members (excludes halogenated alkanes) is 1. The van der Waals surface area contributed by atoms with Crippen molar-refractivity contribution in [1.29, 1.82) is 0 Å². The van der Waals surface area contributed by atoms with Crippen molar-refractivity contribution >= 4 is 0 Å². The fraction of sp³-hybridized carbons (Fsp3) is 1.00. The second-order valence-electron chi connectivity index (χ2n) is 7.02. The third-order valence-electron chi connectivity index (χ3n) is 5.84. The zero-order chi connectivity index (χ0) is 14.6. The molecule has 3 unspecified atom stereocenters. The number of hydrogen-bond acceptors (Lipinski definition) is 3. The lowest BCUT2D eigenvalue weighted by Crippen LogP contribution is -2.63. The van der Waals surface area contributed by atoms with Gasteiger partial charge < -0.3 is 10.6 Å². The van der Waals surface area contributed by atoms with Gasteiger partial charge >= 0.3 is 0 Å². The van der Waals surface area contributed by atoms with Gasteiger partial charge in [-0.15, -0.1) is 0 Å². The van der Waals surface area contributed by atoms with Crippen LogP contribution in [-0.4, -0.2) is 53.6 Å². The minimum Gasteiger partial charge on any atom is -0.329 e. The summed E-state index contributed by atoms with van der Waals surface area (Å²) in [4.78, 5) is 5.49. The van der Waals surface area contributed by atoms with E-state index in [0.717, 1.165) is 12.6 Å². The highest BCUT2D eigenvalue weighted by atomic mass is 15.3. The van der Waals surface area contributed by atoms with E-state index in [1.54, 1.807) is 0 Å². The van der Waals surface area contributed by atoms with Crippen molar-refractivity contribution in [3.8, 4) is 0 Å². The summed E-state index contributed by atoms with van der Waals surface area (Å²) in [7, 11) is 0. The molecule has 0 aliphatic carbocycles. The first-order valence-electron chi connectivity index (χ1n) is 8.87. The highest BCUT2D eigenvalue weighted by molar-refractivity contribution is 5.02. The van der Waals surface area contributed by atoms with Crippen LogP contribution in [0.4, 0.5) is 0 Å². The van der Waals surface area contributed by atoms with Gasteiger partial charge in [-0.05, 0) is 58.5 Å². The van der Waals surface area contributed by atoms with Crippen molar-refractivity contribution in [2.45, 2.75) is 83.3 Å². The maximum absolute atomic E-state index is 6.33. The molecule has 2 aliphatic rings. The predicted octanol–water partition coefficient (Wildman–Crippen LogP) is 2.84. The number of rotatable bonds is 7. The average molecular weight is 281 g/mol. The molecule has 20 heavy (non-hydrogen) atoms. The summed E-state index contributed by atoms with van der Waals surface area (Å²) < 4.78 is 0. The summed E-state index contributed by atoms with van der Waals surface area (Å²) in [6, 6.07) is 1.47. The van der Waals surface area contributed by atoms with E-state index in [9.17, 15) is 0 Å². The number of hydrogen-bond donors (Lipinski definition) is 1. The molecule has 2 saturated heterocycles. The van der Waals surface area contributed by atoms with E-state index in [1.165, 1.54) is 64.6 Å². The summed E-state index contributed by atoms with van der Waals surface area (Å²) in [6.45, 7) is 11.7. The standard InChI is InChI=1S/C17H35N3/c1-4-6-11-20(15(3)5-2)17(14-18)9-12-19-10-7-8-16(19)13-17/h15-16H,4-14,18H2,1-3H3. The van der Waals surface area contributed by atoms with Crippen molar-refractivity contribution in [3.05, 3.63) is 0 Å². The van der Waals surface area contributed by atoms with Crippen LogP contribution in [0.15, 0.2) is 0 Å². The first-order valence-corrected chi connectivity index (χ1v) is 8.87. The van der Waals surface area contributed by atoms with Gasteiger partial charge in [0, 0.05) is 30.7 Å². The summed E-state index contributed by atoms with van der Waals surface area (Å²) in [5, 5.41) is 0. The molecule has 0 aromatic carbocycles. The van der Waals surface area contributed by atoms with Crippen molar-refractivity contribution < 1.29 is 0 Å². The maximum Gasteiger partial charge on any atom is 0.0361 e. The molecule has 2 heterocycles. The average Bonchev–Trinajstić information content (AvgIpc) is 2.94. The Hall–Kier alpha value is -0.120. The topological polar surface area (TPSA) is 32.5 Å². The Morgan fingerprint density at radius 3 is 2.80 bits per heavy atom. The quantitative estimate of drug-likeness (QED) is 0.779. The van der Waals surface area contributed by atoms with Gasteiger partial charge in [-0.2, -0.15) is 0 Å². The lowest BCUT2D eigenvalue weighted by molar-refractivity contribution is -0.0144. The van der Waals surface area contributed by atoms with Gasteiger partial charge in [-0.3, -0.25) is 4.90 Å². The van der Waals surface area contributed by atoms with E-state index in [0.29, 0.717) is 6.04 Å². The summed E-state index contributed by atoms with van der Waals surface area (Å²) in [5.41, 5.74) is 6.60. The fourth-order valence-electron chi connectivity index (χ4n) is 4.35. The predicted molar refractivity (Wildman–Crippen MR) is 87.0 cm³/mol. The minimum atomic E-state index is 0.274. The second-order valence-corrected chi connectivity index (χ2v) is 7.02. The van der Waals surface area contributed by atoms with Crippen LogP contribution < -0.4 is 5.73 Å². The first kappa shape index (κ1) is 16.3. The van der Waals surface area contributed by atoms with Crippen LogP contribution in [0.2, 0.25) is 0 Å². The van der Waals surface area contributed by atoms with E-state index < -0.39 is 0 Å². The first-order chi connectivity index (χ1) is 9.66. The largest absolute Gasteiger partial charge is 0.329 e. The Labute approximate surface area is 125 Å². The molecule has 0 amide bonds. The lowest BCUT2D eigenvalue weighted by atomic mass is 9.80. The van der Waals surface area contributed by atoms with E-state index in [-0.39, 0.29) is 5.54 Å². The van der Waals surface area contributed by atoms with Gasteiger partial charge in [-0.1, -0.05) is 20.3 Å². The molecule has 2 fully saturated rings. The van der Waals surface area contributed by atoms with Gasteiger partial charge in [0.25, 0.3) is 0 Å².